The molecule has 4 heterocycles. The number of hydrogen-bond acceptors (Lipinski definition) is 15. The fraction of sp³-hybridized carbons (Fsp3) is 0.488. The number of amides is 3. The minimum atomic E-state index is -3.00. The Morgan fingerprint density at radius 3 is 2.37 bits per heavy atom. The maximum atomic E-state index is 13.1. The van der Waals surface area contributed by atoms with E-state index in [2.05, 4.69) is 28.1 Å². The first kappa shape index (κ1) is 47.1. The standard InChI is InChI=1S/C43H55N5O11S3/c1-48-26-33(40-32(43(48)52)25-37(61-40)41(44)46-30-13-22-62(53,54)23-14-30)29-7-10-34(35(24-29)55-2)59-27-39(50)45-15-17-57-19-21-58-20-18-56-16-3-4-28-5-8-31(9-6-28)60-36-11-12-38(49)47-42(36)51/h5-10,24-26,30,36,41,46H,3-4,11-23,27,44H2,1-2H3,(H,45,50)(H,47,49,51). The largest absolute Gasteiger partial charge is 0.493 e. The number of benzene rings is 2. The molecule has 0 radical (unpaired) electrons. The molecule has 4 aromatic rings. The van der Waals surface area contributed by atoms with Gasteiger partial charge in [0.2, 0.25) is 11.8 Å². The van der Waals surface area contributed by atoms with Crippen molar-refractivity contribution in [1.82, 2.24) is 20.5 Å². The molecule has 16 nitrogen and oxygen atoms in total. The number of hydrogen-bond donors (Lipinski definition) is 4. The number of imide groups is 1. The summed E-state index contributed by atoms with van der Waals surface area (Å²) in [5.41, 5.74) is 9.13. The van der Waals surface area contributed by atoms with Crippen molar-refractivity contribution in [3.63, 3.8) is 0 Å². The number of aryl methyl sites for hydroxylation is 2. The van der Waals surface area contributed by atoms with E-state index in [-0.39, 0.29) is 52.7 Å². The van der Waals surface area contributed by atoms with Crippen LogP contribution in [0.15, 0.2) is 64.4 Å². The average Bonchev–Trinajstić information content (AvgIpc) is 3.71. The van der Waals surface area contributed by atoms with Crippen molar-refractivity contribution in [3.8, 4) is 22.6 Å². The van der Waals surface area contributed by atoms with E-state index in [1.54, 1.807) is 31.4 Å². The Kier molecular flexibility index (Phi) is 17.4. The topological polar surface area (TPSA) is 216 Å². The van der Waals surface area contributed by atoms with Crippen LogP contribution in [0.1, 0.15) is 48.7 Å². The Morgan fingerprint density at radius 1 is 0.952 bits per heavy atom. The van der Waals surface area contributed by atoms with E-state index < -0.39 is 16.0 Å². The number of methoxy groups -OCH3 is 1. The second-order valence-corrected chi connectivity index (χ2v) is 19.7. The van der Waals surface area contributed by atoms with Crippen molar-refractivity contribution >= 4 is 60.7 Å². The van der Waals surface area contributed by atoms with Crippen LogP contribution in [-0.4, -0.2) is 113 Å². The minimum absolute atomic E-state index is 0.0287. The van der Waals surface area contributed by atoms with Crippen LogP contribution in [0.25, 0.3) is 21.2 Å². The summed E-state index contributed by atoms with van der Waals surface area (Å²) in [4.78, 5) is 50.8. The van der Waals surface area contributed by atoms with E-state index in [0.717, 1.165) is 38.4 Å². The zero-order valence-electron chi connectivity index (χ0n) is 35.0. The maximum absolute atomic E-state index is 13.1. The number of aromatic nitrogens is 1. The number of nitrogens with two attached hydrogens (primary N) is 1. The first-order chi connectivity index (χ1) is 29.9. The number of nitrogens with zero attached hydrogens (tertiary/aromatic N) is 1. The molecule has 2 aliphatic heterocycles. The molecule has 2 saturated heterocycles. The number of nitrogens with one attached hydrogen (secondary N) is 3. The lowest BCUT2D eigenvalue weighted by Crippen LogP contribution is -2.42. The summed E-state index contributed by atoms with van der Waals surface area (Å²) in [6.45, 7) is 2.70. The second-order valence-electron chi connectivity index (χ2n) is 15.1. The summed E-state index contributed by atoms with van der Waals surface area (Å²) < 4.78 is 54.3. The van der Waals surface area contributed by atoms with Gasteiger partial charge >= 0.3 is 0 Å². The highest BCUT2D eigenvalue weighted by atomic mass is 32.2. The number of ether oxygens (including phenoxy) is 5. The van der Waals surface area contributed by atoms with Crippen LogP contribution >= 0.6 is 23.1 Å². The van der Waals surface area contributed by atoms with Gasteiger partial charge in [0, 0.05) is 58.9 Å². The van der Waals surface area contributed by atoms with Crippen molar-refractivity contribution < 1.29 is 46.5 Å². The molecule has 0 spiro atoms. The van der Waals surface area contributed by atoms with Crippen molar-refractivity contribution in [3.05, 3.63) is 75.5 Å². The Balaban J connectivity index is 0.836. The fourth-order valence-corrected chi connectivity index (χ4v) is 10.7. The first-order valence-corrected chi connectivity index (χ1v) is 24.2. The summed E-state index contributed by atoms with van der Waals surface area (Å²) >= 11 is 2.90. The van der Waals surface area contributed by atoms with Gasteiger partial charge in [0.1, 0.15) is 9.84 Å². The first-order valence-electron chi connectivity index (χ1n) is 20.6. The fourth-order valence-electron chi connectivity index (χ4n) is 7.04. The van der Waals surface area contributed by atoms with Crippen molar-refractivity contribution in [2.45, 2.75) is 60.9 Å². The van der Waals surface area contributed by atoms with Crippen molar-refractivity contribution in [2.75, 3.05) is 71.4 Å². The lowest BCUT2D eigenvalue weighted by atomic mass is 10.1. The monoisotopic (exact) mass is 913 g/mol. The molecule has 2 atom stereocenters. The van der Waals surface area contributed by atoms with Gasteiger partial charge in [-0.25, -0.2) is 8.42 Å². The van der Waals surface area contributed by atoms with E-state index in [1.165, 1.54) is 40.3 Å². The normalized spacial score (nSPS) is 17.2. The van der Waals surface area contributed by atoms with Gasteiger partial charge in [-0.15, -0.1) is 23.1 Å². The average molecular weight is 914 g/mol. The highest BCUT2D eigenvalue weighted by Crippen LogP contribution is 2.38. The van der Waals surface area contributed by atoms with Crippen LogP contribution in [0.4, 0.5) is 0 Å². The molecular weight excluding hydrogens is 859 g/mol. The smallest absolute Gasteiger partial charge is 0.259 e. The molecule has 0 bridgehead atoms. The Morgan fingerprint density at radius 2 is 1.66 bits per heavy atom. The van der Waals surface area contributed by atoms with Gasteiger partial charge < -0.3 is 39.3 Å². The molecule has 2 aromatic carbocycles. The van der Waals surface area contributed by atoms with Gasteiger partial charge in [-0.1, -0.05) is 18.2 Å². The zero-order chi connectivity index (χ0) is 44.1. The molecule has 19 heteroatoms. The van der Waals surface area contributed by atoms with Crippen LogP contribution in [0.3, 0.4) is 0 Å². The van der Waals surface area contributed by atoms with Gasteiger partial charge in [-0.05, 0) is 73.6 Å². The highest BCUT2D eigenvalue weighted by Gasteiger charge is 2.28. The van der Waals surface area contributed by atoms with Crippen LogP contribution in [0.2, 0.25) is 0 Å². The SMILES string of the molecule is COc1cc(-c2cn(C)c(=O)c3cc(C(N)NC4CCS(=O)(=O)CC4)sc23)ccc1OCC(=O)NCCOCCOCCOCCCc1ccc(SC2CCC(=O)NC2=O)cc1. The van der Waals surface area contributed by atoms with Crippen LogP contribution in [-0.2, 0) is 51.9 Å². The number of thiophene rings is 1. The summed E-state index contributed by atoms with van der Waals surface area (Å²) in [6, 6.07) is 15.3. The van der Waals surface area contributed by atoms with Crippen molar-refractivity contribution in [1.29, 1.82) is 0 Å². The summed E-state index contributed by atoms with van der Waals surface area (Å²) in [5.74, 6) is 0.318. The van der Waals surface area contributed by atoms with Gasteiger partial charge in [0.05, 0.1) is 68.5 Å². The number of fused-ring (bicyclic) bond motifs is 1. The molecule has 2 fully saturated rings. The molecule has 2 unspecified atom stereocenters. The third-order valence-corrected chi connectivity index (χ3v) is 14.7. The summed E-state index contributed by atoms with van der Waals surface area (Å²) in [6.07, 6.45) is 4.87. The van der Waals surface area contributed by atoms with Gasteiger partial charge in [0.25, 0.3) is 11.5 Å². The van der Waals surface area contributed by atoms with Gasteiger partial charge in [-0.3, -0.25) is 29.8 Å². The lowest BCUT2D eigenvalue weighted by molar-refractivity contribution is -0.132. The number of rotatable bonds is 23. The number of carbonyl (C=O) groups is 3. The quantitative estimate of drug-likeness (QED) is 0.0477. The third kappa shape index (κ3) is 13.6. The summed E-state index contributed by atoms with van der Waals surface area (Å²) in [7, 11) is 0.202. The molecule has 3 amide bonds. The molecule has 0 saturated carbocycles. The van der Waals surface area contributed by atoms with Gasteiger partial charge in [-0.2, -0.15) is 0 Å². The van der Waals surface area contributed by atoms with E-state index in [1.807, 2.05) is 18.2 Å². The molecule has 62 heavy (non-hydrogen) atoms. The van der Waals surface area contributed by atoms with Crippen LogP contribution < -0.4 is 36.7 Å². The van der Waals surface area contributed by atoms with Crippen molar-refractivity contribution in [2.24, 2.45) is 12.8 Å². The molecule has 5 N–H and O–H groups in total. The van der Waals surface area contributed by atoms with E-state index in [0.29, 0.717) is 88.8 Å². The number of carbonyl (C=O) groups excluding carboxylic acids is 3. The molecular formula is C43H55N5O11S3. The zero-order valence-corrected chi connectivity index (χ0v) is 37.4. The Bertz CT molecular complexity index is 2320. The van der Waals surface area contributed by atoms with Crippen LogP contribution in [0, 0.1) is 0 Å². The van der Waals surface area contributed by atoms with Gasteiger partial charge in [0.15, 0.2) is 18.1 Å². The van der Waals surface area contributed by atoms with E-state index >= 15 is 0 Å². The third-order valence-electron chi connectivity index (χ3n) is 10.4. The maximum Gasteiger partial charge on any atom is 0.259 e. The minimum Gasteiger partial charge on any atom is -0.493 e. The number of sulfone groups is 1. The van der Waals surface area contributed by atoms with E-state index in [4.69, 9.17) is 29.4 Å². The molecule has 0 aliphatic carbocycles. The molecule has 2 aliphatic rings. The van der Waals surface area contributed by atoms with E-state index in [9.17, 15) is 27.6 Å². The second kappa shape index (κ2) is 22.8. The predicted molar refractivity (Wildman–Crippen MR) is 239 cm³/mol. The molecule has 336 valence electrons. The highest BCUT2D eigenvalue weighted by molar-refractivity contribution is 8.00. The number of thioether (sulfide) groups is 1. The molecule has 6 rings (SSSR count). The number of piperidine rings is 1. The Labute approximate surface area is 369 Å². The Hall–Kier alpha value is -4.34. The lowest BCUT2D eigenvalue weighted by Gasteiger charge is -2.26. The molecule has 2 aromatic heterocycles. The number of pyridine rings is 1. The summed E-state index contributed by atoms with van der Waals surface area (Å²) in [5, 5.41) is 8.80. The predicted octanol–water partition coefficient (Wildman–Crippen LogP) is 3.47. The van der Waals surface area contributed by atoms with Crippen LogP contribution in [0.5, 0.6) is 11.5 Å².